The summed E-state index contributed by atoms with van der Waals surface area (Å²) in [4.78, 5) is 4.12. The molecule has 6 nitrogen and oxygen atoms in total. The van der Waals surface area contributed by atoms with E-state index in [9.17, 15) is 0 Å². The Morgan fingerprint density at radius 3 is 2.42 bits per heavy atom. The smallest absolute Gasteiger partial charge is 0.217 e. The third kappa shape index (κ3) is 7.07. The summed E-state index contributed by atoms with van der Waals surface area (Å²) < 4.78 is 21.0. The van der Waals surface area contributed by atoms with Crippen LogP contribution >= 0.6 is 0 Å². The van der Waals surface area contributed by atoms with Crippen molar-refractivity contribution in [2.45, 2.75) is 6.54 Å². The first-order valence-corrected chi connectivity index (χ1v) is 6.29. The lowest BCUT2D eigenvalue weighted by Crippen LogP contribution is -2.13. The van der Waals surface area contributed by atoms with Gasteiger partial charge in [0.25, 0.3) is 0 Å². The van der Waals surface area contributed by atoms with Gasteiger partial charge in [0.05, 0.1) is 33.0 Å². The molecule has 1 aromatic heterocycles. The van der Waals surface area contributed by atoms with Crippen LogP contribution in [0.2, 0.25) is 0 Å². The highest BCUT2D eigenvalue weighted by molar-refractivity contribution is 5.24. The Hall–Kier alpha value is -1.21. The Bertz CT molecular complexity index is 336. The van der Waals surface area contributed by atoms with Crippen molar-refractivity contribution >= 4 is 0 Å². The van der Waals surface area contributed by atoms with Crippen molar-refractivity contribution in [3.05, 3.63) is 23.9 Å². The van der Waals surface area contributed by atoms with Crippen LogP contribution in [0.1, 0.15) is 5.56 Å². The topological polar surface area (TPSA) is 75.8 Å². The molecule has 19 heavy (non-hydrogen) atoms. The number of nitrogens with zero attached hydrogens (tertiary/aromatic N) is 1. The summed E-state index contributed by atoms with van der Waals surface area (Å²) in [6, 6.07) is 3.73. The van der Waals surface area contributed by atoms with Crippen LogP contribution in [0, 0.1) is 0 Å². The number of nitrogens with two attached hydrogens (primary N) is 1. The van der Waals surface area contributed by atoms with E-state index < -0.39 is 0 Å². The Balaban J connectivity index is 2.01. The summed E-state index contributed by atoms with van der Waals surface area (Å²) >= 11 is 0. The summed E-state index contributed by atoms with van der Waals surface area (Å²) in [6.07, 6.45) is 1.68. The lowest BCUT2D eigenvalue weighted by atomic mass is 10.3. The van der Waals surface area contributed by atoms with Gasteiger partial charge in [-0.3, -0.25) is 0 Å². The zero-order chi connectivity index (χ0) is 13.8. The molecule has 0 unspecified atom stereocenters. The minimum atomic E-state index is 0.414. The van der Waals surface area contributed by atoms with Gasteiger partial charge in [-0.2, -0.15) is 0 Å². The van der Waals surface area contributed by atoms with Gasteiger partial charge in [0.15, 0.2) is 0 Å². The van der Waals surface area contributed by atoms with Gasteiger partial charge in [-0.1, -0.05) is 6.07 Å². The molecule has 108 valence electrons. The number of rotatable bonds is 11. The van der Waals surface area contributed by atoms with E-state index in [0.29, 0.717) is 52.1 Å². The van der Waals surface area contributed by atoms with Crippen LogP contribution in [-0.4, -0.2) is 51.7 Å². The Kier molecular flexibility index (Phi) is 8.91. The van der Waals surface area contributed by atoms with Crippen molar-refractivity contribution in [1.82, 2.24) is 4.98 Å². The van der Waals surface area contributed by atoms with Crippen LogP contribution in [0.4, 0.5) is 0 Å². The highest BCUT2D eigenvalue weighted by Crippen LogP contribution is 2.12. The highest BCUT2D eigenvalue weighted by atomic mass is 16.6. The average molecular weight is 270 g/mol. The van der Waals surface area contributed by atoms with Crippen LogP contribution in [-0.2, 0) is 20.8 Å². The van der Waals surface area contributed by atoms with Crippen molar-refractivity contribution in [1.29, 1.82) is 0 Å². The van der Waals surface area contributed by atoms with Crippen LogP contribution in [0.25, 0.3) is 0 Å². The lowest BCUT2D eigenvalue weighted by Gasteiger charge is -2.09. The van der Waals surface area contributed by atoms with Gasteiger partial charge in [-0.25, -0.2) is 4.98 Å². The van der Waals surface area contributed by atoms with E-state index in [-0.39, 0.29) is 0 Å². The highest BCUT2D eigenvalue weighted by Gasteiger charge is 2.01. The van der Waals surface area contributed by atoms with Crippen LogP contribution < -0.4 is 10.5 Å². The number of hydrogen-bond acceptors (Lipinski definition) is 6. The molecule has 1 aromatic rings. The normalized spacial score (nSPS) is 10.6. The first kappa shape index (κ1) is 15.8. The average Bonchev–Trinajstić information content (AvgIpc) is 2.46. The third-order valence-electron chi connectivity index (χ3n) is 2.34. The minimum absolute atomic E-state index is 0.414. The standard InChI is InChI=1S/C13H22N2O4/c1-16-5-6-17-7-8-18-9-10-19-13-12(11-14)3-2-4-15-13/h2-4H,5-11,14H2,1H3. The van der Waals surface area contributed by atoms with E-state index in [2.05, 4.69) is 4.98 Å². The molecule has 0 bridgehead atoms. The number of aromatic nitrogens is 1. The van der Waals surface area contributed by atoms with Crippen LogP contribution in [0.3, 0.4) is 0 Å². The van der Waals surface area contributed by atoms with Gasteiger partial charge < -0.3 is 24.7 Å². The predicted molar refractivity (Wildman–Crippen MR) is 71.1 cm³/mol. The van der Waals surface area contributed by atoms with Crippen molar-refractivity contribution < 1.29 is 18.9 Å². The first-order chi connectivity index (χ1) is 9.38. The van der Waals surface area contributed by atoms with Gasteiger partial charge in [0.1, 0.15) is 6.61 Å². The van der Waals surface area contributed by atoms with Gasteiger partial charge in [0, 0.05) is 25.4 Å². The number of pyridine rings is 1. The summed E-state index contributed by atoms with van der Waals surface area (Å²) in [5, 5.41) is 0. The fraction of sp³-hybridized carbons (Fsp3) is 0.615. The Morgan fingerprint density at radius 2 is 1.74 bits per heavy atom. The van der Waals surface area contributed by atoms with Gasteiger partial charge >= 0.3 is 0 Å². The molecule has 0 spiro atoms. The molecule has 0 aliphatic rings. The molecule has 0 atom stereocenters. The van der Waals surface area contributed by atoms with Gasteiger partial charge in [-0.15, -0.1) is 0 Å². The summed E-state index contributed by atoms with van der Waals surface area (Å²) in [5.41, 5.74) is 6.48. The van der Waals surface area contributed by atoms with E-state index in [1.165, 1.54) is 0 Å². The fourth-order valence-corrected chi connectivity index (χ4v) is 1.37. The molecule has 0 saturated carbocycles. The van der Waals surface area contributed by atoms with Crippen molar-refractivity contribution in [2.24, 2.45) is 5.73 Å². The van der Waals surface area contributed by atoms with Crippen molar-refractivity contribution in [2.75, 3.05) is 46.8 Å². The quantitative estimate of drug-likeness (QED) is 0.593. The summed E-state index contributed by atoms with van der Waals surface area (Å²) in [7, 11) is 1.64. The molecule has 0 radical (unpaired) electrons. The fourth-order valence-electron chi connectivity index (χ4n) is 1.37. The summed E-state index contributed by atoms with van der Waals surface area (Å²) in [5.74, 6) is 0.574. The van der Waals surface area contributed by atoms with Gasteiger partial charge in [0.2, 0.25) is 5.88 Å². The zero-order valence-electron chi connectivity index (χ0n) is 11.3. The molecule has 0 fully saturated rings. The number of hydrogen-bond donors (Lipinski definition) is 1. The molecule has 6 heteroatoms. The van der Waals surface area contributed by atoms with Crippen LogP contribution in [0.5, 0.6) is 5.88 Å². The number of methoxy groups -OCH3 is 1. The molecular weight excluding hydrogens is 248 g/mol. The maximum atomic E-state index is 5.58. The first-order valence-electron chi connectivity index (χ1n) is 6.29. The van der Waals surface area contributed by atoms with Crippen molar-refractivity contribution in [3.63, 3.8) is 0 Å². The largest absolute Gasteiger partial charge is 0.475 e. The Labute approximate surface area is 113 Å². The van der Waals surface area contributed by atoms with Gasteiger partial charge in [-0.05, 0) is 6.07 Å². The van der Waals surface area contributed by atoms with Crippen LogP contribution in [0.15, 0.2) is 18.3 Å². The maximum absolute atomic E-state index is 5.58. The second kappa shape index (κ2) is 10.7. The molecule has 1 rings (SSSR count). The molecule has 0 aliphatic carbocycles. The zero-order valence-corrected chi connectivity index (χ0v) is 11.3. The SMILES string of the molecule is COCCOCCOCCOc1ncccc1CN. The maximum Gasteiger partial charge on any atom is 0.217 e. The third-order valence-corrected chi connectivity index (χ3v) is 2.34. The molecule has 0 aliphatic heterocycles. The monoisotopic (exact) mass is 270 g/mol. The molecule has 2 N–H and O–H groups in total. The minimum Gasteiger partial charge on any atom is -0.475 e. The molecular formula is C13H22N2O4. The lowest BCUT2D eigenvalue weighted by molar-refractivity contribution is 0.0176. The predicted octanol–water partition coefficient (Wildman–Crippen LogP) is 0.599. The molecule has 0 saturated heterocycles. The molecule has 0 amide bonds. The second-order valence-corrected chi connectivity index (χ2v) is 3.74. The summed E-state index contributed by atoms with van der Waals surface area (Å²) in [6.45, 7) is 3.64. The Morgan fingerprint density at radius 1 is 1.05 bits per heavy atom. The molecule has 1 heterocycles. The number of ether oxygens (including phenoxy) is 4. The molecule has 0 aromatic carbocycles. The van der Waals surface area contributed by atoms with Crippen molar-refractivity contribution in [3.8, 4) is 5.88 Å². The second-order valence-electron chi connectivity index (χ2n) is 3.74. The van der Waals surface area contributed by atoms with E-state index in [1.807, 2.05) is 12.1 Å². The van der Waals surface area contributed by atoms with E-state index >= 15 is 0 Å². The van der Waals surface area contributed by atoms with E-state index in [1.54, 1.807) is 13.3 Å². The van der Waals surface area contributed by atoms with E-state index in [4.69, 9.17) is 24.7 Å². The van der Waals surface area contributed by atoms with E-state index in [0.717, 1.165) is 5.56 Å².